The van der Waals surface area contributed by atoms with Gasteiger partial charge in [-0.05, 0) is 18.4 Å². The van der Waals surface area contributed by atoms with E-state index in [2.05, 4.69) is 0 Å². The standard InChI is InChI=1S/C13H18O3/c1-2-11-12(14)10(13(15)16-11)8-9-6-4-3-5-7-9/h3-7,10-15H,2,8H2,1H3. The van der Waals surface area contributed by atoms with Gasteiger partial charge in [0, 0.05) is 5.92 Å². The summed E-state index contributed by atoms with van der Waals surface area (Å²) in [5.74, 6) is -0.215. The Kier molecular flexibility index (Phi) is 3.59. The van der Waals surface area contributed by atoms with Crippen LogP contribution in [-0.2, 0) is 11.2 Å². The van der Waals surface area contributed by atoms with E-state index in [4.69, 9.17) is 4.74 Å². The van der Waals surface area contributed by atoms with E-state index in [1.165, 1.54) is 0 Å². The molecule has 1 fully saturated rings. The monoisotopic (exact) mass is 222 g/mol. The molecule has 0 aromatic heterocycles. The molecule has 0 spiro atoms. The van der Waals surface area contributed by atoms with Crippen molar-refractivity contribution >= 4 is 0 Å². The topological polar surface area (TPSA) is 49.7 Å². The van der Waals surface area contributed by atoms with Crippen LogP contribution in [0.25, 0.3) is 0 Å². The van der Waals surface area contributed by atoms with Crippen molar-refractivity contribution in [3.05, 3.63) is 35.9 Å². The van der Waals surface area contributed by atoms with Crippen molar-refractivity contribution in [3.63, 3.8) is 0 Å². The van der Waals surface area contributed by atoms with Crippen molar-refractivity contribution in [3.8, 4) is 0 Å². The summed E-state index contributed by atoms with van der Waals surface area (Å²) in [6.07, 6.45) is -0.271. The van der Waals surface area contributed by atoms with Gasteiger partial charge < -0.3 is 14.9 Å². The van der Waals surface area contributed by atoms with Crippen molar-refractivity contribution < 1.29 is 14.9 Å². The summed E-state index contributed by atoms with van der Waals surface area (Å²) < 4.78 is 5.31. The van der Waals surface area contributed by atoms with Gasteiger partial charge in [-0.3, -0.25) is 0 Å². The van der Waals surface area contributed by atoms with Gasteiger partial charge in [0.1, 0.15) is 0 Å². The van der Waals surface area contributed by atoms with Crippen LogP contribution in [0.1, 0.15) is 18.9 Å². The molecule has 0 bridgehead atoms. The first-order valence-corrected chi connectivity index (χ1v) is 5.78. The fourth-order valence-corrected chi connectivity index (χ4v) is 2.25. The highest BCUT2D eigenvalue weighted by atomic mass is 16.6. The molecule has 1 aliphatic rings. The van der Waals surface area contributed by atoms with Gasteiger partial charge in [0.25, 0.3) is 0 Å². The summed E-state index contributed by atoms with van der Waals surface area (Å²) in [6, 6.07) is 9.87. The quantitative estimate of drug-likeness (QED) is 0.811. The number of aliphatic hydroxyl groups is 2. The second-order valence-corrected chi connectivity index (χ2v) is 4.32. The lowest BCUT2D eigenvalue weighted by Gasteiger charge is -2.16. The van der Waals surface area contributed by atoms with Crippen LogP contribution in [-0.4, -0.2) is 28.7 Å². The van der Waals surface area contributed by atoms with Crippen LogP contribution in [0.15, 0.2) is 30.3 Å². The van der Waals surface area contributed by atoms with E-state index >= 15 is 0 Å². The molecular formula is C13H18O3. The van der Waals surface area contributed by atoms with Gasteiger partial charge in [-0.15, -0.1) is 0 Å². The molecule has 1 heterocycles. The van der Waals surface area contributed by atoms with Gasteiger partial charge in [0.15, 0.2) is 6.29 Å². The van der Waals surface area contributed by atoms with E-state index in [9.17, 15) is 10.2 Å². The largest absolute Gasteiger partial charge is 0.390 e. The molecular weight excluding hydrogens is 204 g/mol. The van der Waals surface area contributed by atoms with Gasteiger partial charge in [-0.1, -0.05) is 37.3 Å². The molecule has 3 heteroatoms. The van der Waals surface area contributed by atoms with Crippen LogP contribution in [0.5, 0.6) is 0 Å². The zero-order valence-corrected chi connectivity index (χ0v) is 9.41. The predicted octanol–water partition coefficient (Wildman–Crippen LogP) is 1.33. The maximum Gasteiger partial charge on any atom is 0.160 e. The molecule has 1 aliphatic heterocycles. The Morgan fingerprint density at radius 3 is 2.44 bits per heavy atom. The lowest BCUT2D eigenvalue weighted by molar-refractivity contribution is -0.108. The highest BCUT2D eigenvalue weighted by Crippen LogP contribution is 2.30. The van der Waals surface area contributed by atoms with E-state index in [0.29, 0.717) is 6.42 Å². The minimum atomic E-state index is -0.847. The molecule has 0 saturated carbocycles. The minimum Gasteiger partial charge on any atom is -0.390 e. The second-order valence-electron chi connectivity index (χ2n) is 4.32. The molecule has 16 heavy (non-hydrogen) atoms. The van der Waals surface area contributed by atoms with Crippen molar-refractivity contribution in [1.29, 1.82) is 0 Å². The van der Waals surface area contributed by atoms with Crippen LogP contribution in [0, 0.1) is 5.92 Å². The Labute approximate surface area is 95.7 Å². The van der Waals surface area contributed by atoms with E-state index < -0.39 is 12.4 Å². The zero-order valence-electron chi connectivity index (χ0n) is 9.41. The second kappa shape index (κ2) is 4.95. The third kappa shape index (κ3) is 2.26. The molecule has 2 rings (SSSR count). The highest BCUT2D eigenvalue weighted by molar-refractivity contribution is 5.16. The molecule has 4 unspecified atom stereocenters. The predicted molar refractivity (Wildman–Crippen MR) is 60.8 cm³/mol. The smallest absolute Gasteiger partial charge is 0.160 e. The van der Waals surface area contributed by atoms with E-state index in [0.717, 1.165) is 12.0 Å². The van der Waals surface area contributed by atoms with Gasteiger partial charge in [-0.2, -0.15) is 0 Å². The molecule has 0 radical (unpaired) electrons. The van der Waals surface area contributed by atoms with Crippen molar-refractivity contribution in [1.82, 2.24) is 0 Å². The number of aliphatic hydroxyl groups excluding tert-OH is 2. The number of hydrogen-bond acceptors (Lipinski definition) is 3. The average Bonchev–Trinajstić information content (AvgIpc) is 2.58. The van der Waals surface area contributed by atoms with E-state index in [1.54, 1.807) is 0 Å². The highest BCUT2D eigenvalue weighted by Gasteiger charge is 2.41. The summed E-state index contributed by atoms with van der Waals surface area (Å²) in [7, 11) is 0. The molecule has 4 atom stereocenters. The van der Waals surface area contributed by atoms with E-state index in [-0.39, 0.29) is 12.0 Å². The van der Waals surface area contributed by atoms with Gasteiger partial charge >= 0.3 is 0 Å². The normalized spacial score (nSPS) is 34.2. The third-order valence-electron chi connectivity index (χ3n) is 3.22. The van der Waals surface area contributed by atoms with Crippen LogP contribution >= 0.6 is 0 Å². The third-order valence-corrected chi connectivity index (χ3v) is 3.22. The summed E-state index contributed by atoms with van der Waals surface area (Å²) in [4.78, 5) is 0. The summed E-state index contributed by atoms with van der Waals surface area (Å²) >= 11 is 0. The molecule has 1 saturated heterocycles. The Morgan fingerprint density at radius 2 is 1.88 bits per heavy atom. The van der Waals surface area contributed by atoms with E-state index in [1.807, 2.05) is 37.3 Å². The van der Waals surface area contributed by atoms with Crippen molar-refractivity contribution in [2.45, 2.75) is 38.3 Å². The van der Waals surface area contributed by atoms with Crippen molar-refractivity contribution in [2.24, 2.45) is 5.92 Å². The molecule has 2 N–H and O–H groups in total. The van der Waals surface area contributed by atoms with Gasteiger partial charge in [-0.25, -0.2) is 0 Å². The maximum absolute atomic E-state index is 10.00. The number of ether oxygens (including phenoxy) is 1. The SMILES string of the molecule is CCC1OC(O)C(Cc2ccccc2)C1O. The molecule has 3 nitrogen and oxygen atoms in total. The Morgan fingerprint density at radius 1 is 1.19 bits per heavy atom. The van der Waals surface area contributed by atoms with Crippen LogP contribution in [0.3, 0.4) is 0 Å². The zero-order chi connectivity index (χ0) is 11.5. The molecule has 88 valence electrons. The minimum absolute atomic E-state index is 0.215. The first-order valence-electron chi connectivity index (χ1n) is 5.78. The summed E-state index contributed by atoms with van der Waals surface area (Å²) in [6.45, 7) is 1.95. The van der Waals surface area contributed by atoms with Crippen LogP contribution in [0.2, 0.25) is 0 Å². The lowest BCUT2D eigenvalue weighted by Crippen LogP contribution is -2.28. The maximum atomic E-state index is 10.00. The average molecular weight is 222 g/mol. The number of hydrogen-bond donors (Lipinski definition) is 2. The fraction of sp³-hybridized carbons (Fsp3) is 0.538. The Hall–Kier alpha value is -0.900. The molecule has 1 aromatic carbocycles. The first kappa shape index (κ1) is 11.6. The molecule has 0 amide bonds. The summed E-state index contributed by atoms with van der Waals surface area (Å²) in [5, 5.41) is 19.7. The van der Waals surface area contributed by atoms with Crippen molar-refractivity contribution in [2.75, 3.05) is 0 Å². The number of rotatable bonds is 3. The van der Waals surface area contributed by atoms with Crippen LogP contribution in [0.4, 0.5) is 0 Å². The molecule has 1 aromatic rings. The Bertz CT molecular complexity index is 325. The van der Waals surface area contributed by atoms with Gasteiger partial charge in [0.2, 0.25) is 0 Å². The summed E-state index contributed by atoms with van der Waals surface area (Å²) in [5.41, 5.74) is 1.12. The first-order chi connectivity index (χ1) is 7.72. The van der Waals surface area contributed by atoms with Crippen LogP contribution < -0.4 is 0 Å². The van der Waals surface area contributed by atoms with Gasteiger partial charge in [0.05, 0.1) is 12.2 Å². The molecule has 0 aliphatic carbocycles. The fourth-order valence-electron chi connectivity index (χ4n) is 2.25. The number of benzene rings is 1. The lowest BCUT2D eigenvalue weighted by atomic mass is 9.92. The Balaban J connectivity index is 2.05.